The van der Waals surface area contributed by atoms with Gasteiger partial charge in [0, 0.05) is 17.2 Å². The highest BCUT2D eigenvalue weighted by Crippen LogP contribution is 2.54. The molecule has 4 heteroatoms. The van der Waals surface area contributed by atoms with Crippen molar-refractivity contribution in [2.24, 2.45) is 11.8 Å². The summed E-state index contributed by atoms with van der Waals surface area (Å²) in [5.74, 6) is 1.64. The van der Waals surface area contributed by atoms with Gasteiger partial charge in [0.15, 0.2) is 5.78 Å². The molecule has 124 valence electrons. The van der Waals surface area contributed by atoms with E-state index in [0.717, 1.165) is 29.9 Å². The Morgan fingerprint density at radius 2 is 2.00 bits per heavy atom. The minimum Gasteiger partial charge on any atom is -0.342 e. The summed E-state index contributed by atoms with van der Waals surface area (Å²) in [4.78, 5) is 19.0. The Labute approximate surface area is 146 Å². The highest BCUT2D eigenvalue weighted by Gasteiger charge is 2.50. The van der Waals surface area contributed by atoms with Crippen molar-refractivity contribution in [1.82, 2.24) is 4.98 Å². The minimum absolute atomic E-state index is 0.0738. The monoisotopic (exact) mass is 338 g/mol. The lowest BCUT2D eigenvalue weighted by Crippen LogP contribution is -2.44. The van der Waals surface area contributed by atoms with Gasteiger partial charge in [-0.05, 0) is 24.3 Å². The van der Waals surface area contributed by atoms with Gasteiger partial charge in [-0.2, -0.15) is 0 Å². The summed E-state index contributed by atoms with van der Waals surface area (Å²) >= 11 is 1.65. The lowest BCUT2D eigenvalue weighted by Gasteiger charge is -2.44. The van der Waals surface area contributed by atoms with Crippen molar-refractivity contribution in [3.63, 3.8) is 0 Å². The van der Waals surface area contributed by atoms with Gasteiger partial charge >= 0.3 is 0 Å². The number of fused-ring (bicyclic) bond motifs is 1. The number of carbonyl (C=O) groups is 1. The van der Waals surface area contributed by atoms with Crippen LogP contribution >= 0.6 is 11.3 Å². The fourth-order valence-electron chi connectivity index (χ4n) is 4.43. The van der Waals surface area contributed by atoms with E-state index < -0.39 is 0 Å². The third-order valence-electron chi connectivity index (χ3n) is 5.60. The van der Waals surface area contributed by atoms with Crippen molar-refractivity contribution in [2.45, 2.75) is 39.0 Å². The number of carbonyl (C=O) groups excluding carboxylic acids is 1. The van der Waals surface area contributed by atoms with Crippen LogP contribution in [0.5, 0.6) is 0 Å². The van der Waals surface area contributed by atoms with Gasteiger partial charge < -0.3 is 5.32 Å². The third-order valence-corrected chi connectivity index (χ3v) is 6.58. The van der Waals surface area contributed by atoms with E-state index >= 15 is 0 Å². The Hall–Kier alpha value is -1.94. The summed E-state index contributed by atoms with van der Waals surface area (Å²) in [6, 6.07) is 10.5. The normalized spacial score (nSPS) is 29.0. The van der Waals surface area contributed by atoms with E-state index in [2.05, 4.69) is 55.3 Å². The van der Waals surface area contributed by atoms with E-state index in [1.807, 2.05) is 11.6 Å². The summed E-state index contributed by atoms with van der Waals surface area (Å²) in [5.41, 5.74) is 4.77. The van der Waals surface area contributed by atoms with E-state index in [0.29, 0.717) is 11.7 Å². The second-order valence-electron chi connectivity index (χ2n) is 6.97. The zero-order chi connectivity index (χ0) is 16.9. The van der Waals surface area contributed by atoms with E-state index in [4.69, 9.17) is 0 Å². The average molecular weight is 338 g/mol. The summed E-state index contributed by atoms with van der Waals surface area (Å²) < 4.78 is 0. The van der Waals surface area contributed by atoms with E-state index in [9.17, 15) is 4.79 Å². The molecule has 0 amide bonds. The first-order chi connectivity index (χ1) is 11.6. The maximum Gasteiger partial charge on any atom is 0.164 e. The molecule has 0 fully saturated rings. The van der Waals surface area contributed by atoms with Gasteiger partial charge in [-0.25, -0.2) is 4.98 Å². The Kier molecular flexibility index (Phi) is 3.61. The van der Waals surface area contributed by atoms with Crippen LogP contribution in [0.3, 0.4) is 0 Å². The fraction of sp³-hybridized carbons (Fsp3) is 0.400. The highest BCUT2D eigenvalue weighted by molar-refractivity contribution is 7.10. The maximum absolute atomic E-state index is 13.3. The predicted octanol–water partition coefficient (Wildman–Crippen LogP) is 4.76. The summed E-state index contributed by atoms with van der Waals surface area (Å²) in [5, 5.41) is 3.50. The molecule has 1 N–H and O–H groups in total. The molecule has 1 aliphatic carbocycles. The summed E-state index contributed by atoms with van der Waals surface area (Å²) in [7, 11) is 0. The van der Waals surface area contributed by atoms with Crippen molar-refractivity contribution >= 4 is 22.9 Å². The molecule has 3 nitrogen and oxygen atoms in total. The highest BCUT2D eigenvalue weighted by atomic mass is 32.1. The molecule has 2 aliphatic rings. The first kappa shape index (κ1) is 15.6. The van der Waals surface area contributed by atoms with E-state index in [-0.39, 0.29) is 11.3 Å². The van der Waals surface area contributed by atoms with Crippen LogP contribution in [0.2, 0.25) is 0 Å². The number of rotatable bonds is 2. The molecule has 0 radical (unpaired) electrons. The molecule has 1 aliphatic heterocycles. The number of anilines is 1. The largest absolute Gasteiger partial charge is 0.342 e. The van der Waals surface area contributed by atoms with Crippen molar-refractivity contribution in [2.75, 3.05) is 5.32 Å². The number of thiazole rings is 1. The molecule has 0 saturated heterocycles. The number of hydrogen-bond acceptors (Lipinski definition) is 4. The lowest BCUT2D eigenvalue weighted by atomic mass is 9.62. The van der Waals surface area contributed by atoms with Gasteiger partial charge in [0.2, 0.25) is 0 Å². The van der Waals surface area contributed by atoms with E-state index in [1.165, 1.54) is 10.4 Å². The molecule has 2 aromatic rings. The van der Waals surface area contributed by atoms with Crippen LogP contribution in [0.1, 0.15) is 44.1 Å². The molecule has 1 aromatic carbocycles. The number of ketones is 1. The topological polar surface area (TPSA) is 42.0 Å². The smallest absolute Gasteiger partial charge is 0.164 e. The number of aromatic nitrogens is 1. The maximum atomic E-state index is 13.3. The molecular weight excluding hydrogens is 316 g/mol. The van der Waals surface area contributed by atoms with Gasteiger partial charge in [0.05, 0.1) is 15.8 Å². The van der Waals surface area contributed by atoms with Gasteiger partial charge in [0.1, 0.15) is 5.82 Å². The number of allylic oxidation sites excluding steroid dienone is 2. The second-order valence-corrected chi connectivity index (χ2v) is 7.83. The molecule has 3 atom stereocenters. The zero-order valence-electron chi connectivity index (χ0n) is 14.3. The minimum atomic E-state index is -0.377. The Morgan fingerprint density at radius 1 is 1.25 bits per heavy atom. The number of nitrogens with one attached hydrogen (secondary N) is 1. The summed E-state index contributed by atoms with van der Waals surface area (Å²) in [6.07, 6.45) is 1.76. The quantitative estimate of drug-likeness (QED) is 0.858. The molecule has 4 rings (SSSR count). The van der Waals surface area contributed by atoms with Gasteiger partial charge in [0.25, 0.3) is 0 Å². The Bertz CT molecular complexity index is 823. The van der Waals surface area contributed by atoms with Crippen LogP contribution in [-0.4, -0.2) is 10.8 Å². The predicted molar refractivity (Wildman–Crippen MR) is 98.2 cm³/mol. The molecule has 2 heterocycles. The lowest BCUT2D eigenvalue weighted by molar-refractivity contribution is -0.120. The second kappa shape index (κ2) is 5.55. The van der Waals surface area contributed by atoms with E-state index in [1.54, 1.807) is 11.3 Å². The fourth-order valence-corrected chi connectivity index (χ4v) is 5.47. The van der Waals surface area contributed by atoms with Gasteiger partial charge in [-0.15, -0.1) is 11.3 Å². The van der Waals surface area contributed by atoms with Crippen LogP contribution in [0.4, 0.5) is 5.82 Å². The van der Waals surface area contributed by atoms with Crippen LogP contribution in [0.25, 0.3) is 0 Å². The number of hydrogen-bond donors (Lipinski definition) is 1. The van der Waals surface area contributed by atoms with Crippen LogP contribution in [0, 0.1) is 11.8 Å². The van der Waals surface area contributed by atoms with Crippen molar-refractivity contribution < 1.29 is 4.79 Å². The standard InChI is InChI=1S/C20H22N2OS/c1-4-20(14-8-6-5-7-9-14)15-16(12(2)10-13(3)17(15)23)22-19-18(20)24-11-21-19/h5-9,11-13,22H,4,10H2,1-3H3/t12-,13-,20+/m0/s1. The molecule has 0 unspecified atom stereocenters. The number of benzene rings is 1. The first-order valence-electron chi connectivity index (χ1n) is 8.65. The summed E-state index contributed by atoms with van der Waals surface area (Å²) in [6.45, 7) is 6.47. The first-order valence-corrected chi connectivity index (χ1v) is 9.53. The SMILES string of the molecule is CC[C@@]1(c2ccccc2)C2=C(Nc3ncsc31)[C@@H](C)C[C@H](C)C2=O. The molecular formula is C20H22N2OS. The Balaban J connectivity index is 2.07. The molecule has 0 bridgehead atoms. The Morgan fingerprint density at radius 3 is 2.71 bits per heavy atom. The third kappa shape index (κ3) is 1.95. The molecule has 24 heavy (non-hydrogen) atoms. The van der Waals surface area contributed by atoms with Crippen molar-refractivity contribution in [3.8, 4) is 0 Å². The van der Waals surface area contributed by atoms with Crippen molar-refractivity contribution in [1.29, 1.82) is 0 Å². The van der Waals surface area contributed by atoms with Crippen LogP contribution < -0.4 is 5.32 Å². The van der Waals surface area contributed by atoms with Gasteiger partial charge in [-0.1, -0.05) is 51.1 Å². The molecule has 1 aromatic heterocycles. The molecule has 0 saturated carbocycles. The number of nitrogens with zero attached hydrogens (tertiary/aromatic N) is 1. The molecule has 0 spiro atoms. The zero-order valence-corrected chi connectivity index (χ0v) is 15.1. The average Bonchev–Trinajstić information content (AvgIpc) is 3.07. The number of Topliss-reactive ketones (excluding diaryl/α,β-unsaturated/α-hetero) is 1. The van der Waals surface area contributed by atoms with Crippen molar-refractivity contribution in [3.05, 3.63) is 57.6 Å². The van der Waals surface area contributed by atoms with Gasteiger partial charge in [-0.3, -0.25) is 4.79 Å². The van der Waals surface area contributed by atoms with Crippen LogP contribution in [-0.2, 0) is 10.2 Å². The van der Waals surface area contributed by atoms with Crippen LogP contribution in [0.15, 0.2) is 47.1 Å².